The van der Waals surface area contributed by atoms with Crippen LogP contribution >= 0.6 is 0 Å². The lowest BCUT2D eigenvalue weighted by molar-refractivity contribution is -0.145. The Bertz CT molecular complexity index is 777. The van der Waals surface area contributed by atoms with Crippen LogP contribution < -0.4 is 15.1 Å². The number of unbranched alkanes of at least 4 members (excludes halogenated alkanes) is 3. The van der Waals surface area contributed by atoms with Crippen molar-refractivity contribution in [1.82, 2.24) is 0 Å². The first-order valence-electron chi connectivity index (χ1n) is 8.43. The molecule has 136 valence electrons. The normalized spacial score (nSPS) is 10.7. The maximum atomic E-state index is 11.9. The zero-order valence-electron chi connectivity index (χ0n) is 14.9. The summed E-state index contributed by atoms with van der Waals surface area (Å²) in [6.07, 6.45) is 4.44. The molecule has 2 aromatic rings. The molecule has 0 unspecified atom stereocenters. The van der Waals surface area contributed by atoms with E-state index < -0.39 is 5.63 Å². The highest BCUT2D eigenvalue weighted by Crippen LogP contribution is 2.33. The molecule has 0 amide bonds. The van der Waals surface area contributed by atoms with Gasteiger partial charge in [0.1, 0.15) is 12.2 Å². The average Bonchev–Trinajstić information content (AvgIpc) is 2.62. The van der Waals surface area contributed by atoms with Crippen molar-refractivity contribution >= 4 is 16.9 Å². The van der Waals surface area contributed by atoms with Crippen molar-refractivity contribution < 1.29 is 23.4 Å². The van der Waals surface area contributed by atoms with Gasteiger partial charge in [0.25, 0.3) is 0 Å². The van der Waals surface area contributed by atoms with Gasteiger partial charge in [-0.2, -0.15) is 0 Å². The zero-order valence-corrected chi connectivity index (χ0v) is 14.9. The van der Waals surface area contributed by atoms with Crippen molar-refractivity contribution in [3.05, 3.63) is 34.2 Å². The number of rotatable bonds is 9. The first kappa shape index (κ1) is 18.8. The third kappa shape index (κ3) is 4.98. The lowest BCUT2D eigenvalue weighted by Crippen LogP contribution is -2.07. The van der Waals surface area contributed by atoms with Gasteiger partial charge in [-0.1, -0.05) is 26.2 Å². The third-order valence-electron chi connectivity index (χ3n) is 3.96. The fraction of sp³-hybridized carbons (Fsp3) is 0.474. The van der Waals surface area contributed by atoms with Crippen molar-refractivity contribution in [3.8, 4) is 11.5 Å². The van der Waals surface area contributed by atoms with Crippen molar-refractivity contribution in [1.29, 1.82) is 0 Å². The van der Waals surface area contributed by atoms with Crippen molar-refractivity contribution in [2.45, 2.75) is 45.6 Å². The molecule has 0 N–H and O–H groups in total. The number of esters is 1. The summed E-state index contributed by atoms with van der Waals surface area (Å²) in [4.78, 5) is 23.6. The largest absolute Gasteiger partial charge is 0.493 e. The van der Waals surface area contributed by atoms with Crippen LogP contribution in [0.2, 0.25) is 0 Å². The molecule has 1 aromatic carbocycles. The fourth-order valence-corrected chi connectivity index (χ4v) is 2.60. The molecule has 0 spiro atoms. The summed E-state index contributed by atoms with van der Waals surface area (Å²) in [7, 11) is 3.03. The first-order valence-corrected chi connectivity index (χ1v) is 8.43. The fourth-order valence-electron chi connectivity index (χ4n) is 2.60. The molecular formula is C19H24O6. The van der Waals surface area contributed by atoms with Gasteiger partial charge in [-0.3, -0.25) is 4.79 Å². The molecule has 0 aliphatic heterocycles. The van der Waals surface area contributed by atoms with Crippen LogP contribution in [0.3, 0.4) is 0 Å². The molecule has 0 aliphatic rings. The summed E-state index contributed by atoms with van der Waals surface area (Å²) in [5.41, 5.74) is 0.432. The number of carbonyl (C=O) groups is 1. The van der Waals surface area contributed by atoms with Crippen LogP contribution in [0.15, 0.2) is 27.4 Å². The third-order valence-corrected chi connectivity index (χ3v) is 3.96. The Labute approximate surface area is 146 Å². The van der Waals surface area contributed by atoms with Crippen LogP contribution in [0.25, 0.3) is 11.0 Å². The second kappa shape index (κ2) is 9.11. The lowest BCUT2D eigenvalue weighted by Gasteiger charge is -2.11. The summed E-state index contributed by atoms with van der Waals surface area (Å²) < 4.78 is 21.0. The Hall–Kier alpha value is -2.50. The molecule has 0 fully saturated rings. The molecule has 25 heavy (non-hydrogen) atoms. The summed E-state index contributed by atoms with van der Waals surface area (Å²) in [5, 5.41) is 0.649. The molecule has 0 radical (unpaired) electrons. The minimum absolute atomic E-state index is 0.0180. The van der Waals surface area contributed by atoms with E-state index in [9.17, 15) is 9.59 Å². The average molecular weight is 348 g/mol. The number of hydrogen-bond donors (Lipinski definition) is 0. The monoisotopic (exact) mass is 348 g/mol. The van der Waals surface area contributed by atoms with Crippen LogP contribution in [0.1, 0.15) is 44.6 Å². The molecule has 0 saturated heterocycles. The van der Waals surface area contributed by atoms with E-state index in [1.807, 2.05) is 0 Å². The lowest BCUT2D eigenvalue weighted by atomic mass is 10.1. The van der Waals surface area contributed by atoms with Gasteiger partial charge in [-0.15, -0.1) is 0 Å². The summed E-state index contributed by atoms with van der Waals surface area (Å²) in [6, 6.07) is 4.63. The van der Waals surface area contributed by atoms with Gasteiger partial charge in [-0.05, 0) is 12.5 Å². The van der Waals surface area contributed by atoms with Gasteiger partial charge >= 0.3 is 11.6 Å². The molecule has 6 nitrogen and oxygen atoms in total. The van der Waals surface area contributed by atoms with E-state index >= 15 is 0 Å². The summed E-state index contributed by atoms with van der Waals surface area (Å²) in [6.45, 7) is 2.14. The summed E-state index contributed by atoms with van der Waals surface area (Å²) in [5.74, 6) is 0.706. The van der Waals surface area contributed by atoms with E-state index in [2.05, 4.69) is 6.92 Å². The van der Waals surface area contributed by atoms with E-state index in [1.165, 1.54) is 20.3 Å². The molecule has 2 rings (SSSR count). The number of carbonyl (C=O) groups excluding carboxylic acids is 1. The van der Waals surface area contributed by atoms with Crippen molar-refractivity contribution in [2.24, 2.45) is 0 Å². The highest BCUT2D eigenvalue weighted by atomic mass is 16.5. The second-order valence-corrected chi connectivity index (χ2v) is 5.77. The van der Waals surface area contributed by atoms with Crippen LogP contribution in [0.4, 0.5) is 0 Å². The molecule has 0 bridgehead atoms. The second-order valence-electron chi connectivity index (χ2n) is 5.77. The molecule has 0 atom stereocenters. The Morgan fingerprint density at radius 3 is 2.44 bits per heavy atom. The molecule has 0 aliphatic carbocycles. The van der Waals surface area contributed by atoms with Crippen LogP contribution in [-0.4, -0.2) is 20.2 Å². The van der Waals surface area contributed by atoms with E-state index in [1.54, 1.807) is 12.1 Å². The number of ether oxygens (including phenoxy) is 3. The Kier molecular flexibility index (Phi) is 6.86. The zero-order chi connectivity index (χ0) is 18.2. The van der Waals surface area contributed by atoms with E-state index in [0.29, 0.717) is 34.5 Å². The minimum atomic E-state index is -0.506. The number of fused-ring (bicyclic) bond motifs is 1. The topological polar surface area (TPSA) is 75.0 Å². The molecule has 0 saturated carbocycles. The predicted molar refractivity (Wildman–Crippen MR) is 94.1 cm³/mol. The Morgan fingerprint density at radius 1 is 1.04 bits per heavy atom. The van der Waals surface area contributed by atoms with E-state index in [-0.39, 0.29) is 12.6 Å². The maximum Gasteiger partial charge on any atom is 0.336 e. The Balaban J connectivity index is 2.17. The SMILES string of the molecule is CCCCCCC(=O)OCc1cc(=O)oc2cc(OC)c(OC)cc12. The summed E-state index contributed by atoms with van der Waals surface area (Å²) >= 11 is 0. The Morgan fingerprint density at radius 2 is 1.76 bits per heavy atom. The maximum absolute atomic E-state index is 11.9. The van der Waals surface area contributed by atoms with Crippen LogP contribution in [-0.2, 0) is 16.1 Å². The molecular weight excluding hydrogens is 324 g/mol. The number of hydrogen-bond acceptors (Lipinski definition) is 6. The predicted octanol–water partition coefficient (Wildman–Crippen LogP) is 3.82. The van der Waals surface area contributed by atoms with Crippen LogP contribution in [0.5, 0.6) is 11.5 Å². The van der Waals surface area contributed by atoms with E-state index in [0.717, 1.165) is 25.7 Å². The highest BCUT2D eigenvalue weighted by Gasteiger charge is 2.13. The van der Waals surface area contributed by atoms with Gasteiger partial charge in [0, 0.05) is 29.5 Å². The van der Waals surface area contributed by atoms with E-state index in [4.69, 9.17) is 18.6 Å². The number of methoxy groups -OCH3 is 2. The van der Waals surface area contributed by atoms with Crippen molar-refractivity contribution in [2.75, 3.05) is 14.2 Å². The van der Waals surface area contributed by atoms with Gasteiger partial charge in [-0.25, -0.2) is 4.79 Å². The van der Waals surface area contributed by atoms with Gasteiger partial charge < -0.3 is 18.6 Å². The molecule has 6 heteroatoms. The van der Waals surface area contributed by atoms with Gasteiger partial charge in [0.15, 0.2) is 11.5 Å². The smallest absolute Gasteiger partial charge is 0.336 e. The highest BCUT2D eigenvalue weighted by molar-refractivity contribution is 5.84. The van der Waals surface area contributed by atoms with Gasteiger partial charge in [0.2, 0.25) is 0 Å². The quantitative estimate of drug-likeness (QED) is 0.389. The van der Waals surface area contributed by atoms with Crippen molar-refractivity contribution in [3.63, 3.8) is 0 Å². The standard InChI is InChI=1S/C19H24O6/c1-4-5-6-7-8-18(20)24-12-13-9-19(21)25-15-11-17(23-3)16(22-2)10-14(13)15/h9-11H,4-8,12H2,1-3H3. The molecule has 1 aromatic heterocycles. The first-order chi connectivity index (χ1) is 12.1. The van der Waals surface area contributed by atoms with Crippen LogP contribution in [0, 0.1) is 0 Å². The molecule has 1 heterocycles. The minimum Gasteiger partial charge on any atom is -0.493 e. The number of benzene rings is 1. The van der Waals surface area contributed by atoms with Gasteiger partial charge in [0.05, 0.1) is 14.2 Å².